The Morgan fingerprint density at radius 2 is 2.05 bits per heavy atom. The Bertz CT molecular complexity index is 673. The van der Waals surface area contributed by atoms with E-state index in [1.165, 1.54) is 11.3 Å². The summed E-state index contributed by atoms with van der Waals surface area (Å²) < 4.78 is 6.51. The van der Waals surface area contributed by atoms with Gasteiger partial charge >= 0.3 is 0 Å². The second kappa shape index (κ2) is 7.19. The summed E-state index contributed by atoms with van der Waals surface area (Å²) in [5, 5.41) is 12.1. The minimum atomic E-state index is -0.634. The summed E-state index contributed by atoms with van der Waals surface area (Å²) in [7, 11) is 0. The van der Waals surface area contributed by atoms with Crippen molar-refractivity contribution in [3.05, 3.63) is 33.2 Å². The zero-order valence-electron chi connectivity index (χ0n) is 12.9. The molecule has 2 rings (SSSR count). The van der Waals surface area contributed by atoms with Crippen molar-refractivity contribution in [3.63, 3.8) is 0 Å². The fourth-order valence-corrected chi connectivity index (χ4v) is 3.01. The van der Waals surface area contributed by atoms with E-state index < -0.39 is 6.10 Å². The van der Waals surface area contributed by atoms with Crippen molar-refractivity contribution < 1.29 is 9.53 Å². The van der Waals surface area contributed by atoms with E-state index >= 15 is 0 Å². The molecular formula is C15H18BrN3O2S. The van der Waals surface area contributed by atoms with Gasteiger partial charge in [0.2, 0.25) is 5.13 Å². The van der Waals surface area contributed by atoms with Crippen molar-refractivity contribution in [1.29, 1.82) is 0 Å². The molecule has 0 aliphatic carbocycles. The minimum Gasteiger partial charge on any atom is -0.480 e. The van der Waals surface area contributed by atoms with Gasteiger partial charge in [-0.3, -0.25) is 10.1 Å². The molecule has 7 heteroatoms. The lowest BCUT2D eigenvalue weighted by atomic mass is 10.2. The van der Waals surface area contributed by atoms with E-state index in [4.69, 9.17) is 4.74 Å². The Morgan fingerprint density at radius 1 is 1.32 bits per heavy atom. The van der Waals surface area contributed by atoms with Gasteiger partial charge in [0, 0.05) is 5.92 Å². The van der Waals surface area contributed by atoms with Gasteiger partial charge in [-0.05, 0) is 47.5 Å². The van der Waals surface area contributed by atoms with Gasteiger partial charge in [-0.2, -0.15) is 0 Å². The Hall–Kier alpha value is -1.47. The van der Waals surface area contributed by atoms with Crippen molar-refractivity contribution in [1.82, 2.24) is 10.2 Å². The highest BCUT2D eigenvalue weighted by Gasteiger charge is 2.18. The number of aromatic nitrogens is 2. The normalized spacial score (nSPS) is 12.3. The number of rotatable bonds is 5. The summed E-state index contributed by atoms with van der Waals surface area (Å²) in [6.07, 6.45) is -0.634. The predicted octanol–water partition coefficient (Wildman–Crippen LogP) is 4.14. The smallest absolute Gasteiger partial charge is 0.266 e. The number of halogens is 1. The average molecular weight is 384 g/mol. The van der Waals surface area contributed by atoms with Crippen molar-refractivity contribution in [2.75, 3.05) is 5.32 Å². The lowest BCUT2D eigenvalue weighted by molar-refractivity contribution is -0.122. The number of nitrogens with one attached hydrogen (secondary N) is 1. The summed E-state index contributed by atoms with van der Waals surface area (Å²) in [6, 6.07) is 5.72. The van der Waals surface area contributed by atoms with E-state index in [1.54, 1.807) is 6.92 Å². The molecule has 2 aromatic rings. The van der Waals surface area contributed by atoms with Crippen molar-refractivity contribution in [3.8, 4) is 5.75 Å². The largest absolute Gasteiger partial charge is 0.480 e. The number of amides is 1. The molecule has 0 spiro atoms. The van der Waals surface area contributed by atoms with Crippen LogP contribution in [-0.2, 0) is 4.79 Å². The number of anilines is 1. The molecule has 1 atom stereocenters. The number of nitrogens with zero attached hydrogens (tertiary/aromatic N) is 2. The molecule has 0 aliphatic rings. The first-order valence-corrected chi connectivity index (χ1v) is 8.55. The molecule has 0 radical (unpaired) electrons. The van der Waals surface area contributed by atoms with Gasteiger partial charge < -0.3 is 4.74 Å². The van der Waals surface area contributed by atoms with Crippen LogP contribution in [0.15, 0.2) is 22.7 Å². The maximum Gasteiger partial charge on any atom is 0.266 e. The van der Waals surface area contributed by atoms with Gasteiger partial charge in [0.05, 0.1) is 4.47 Å². The number of hydrogen-bond acceptors (Lipinski definition) is 5. The summed E-state index contributed by atoms with van der Waals surface area (Å²) >= 11 is 4.81. The minimum absolute atomic E-state index is 0.251. The second-order valence-corrected chi connectivity index (χ2v) is 7.15. The zero-order chi connectivity index (χ0) is 16.3. The maximum absolute atomic E-state index is 12.2. The lowest BCUT2D eigenvalue weighted by Crippen LogP contribution is -2.30. The van der Waals surface area contributed by atoms with Gasteiger partial charge in [0.15, 0.2) is 6.10 Å². The van der Waals surface area contributed by atoms with E-state index in [1.807, 2.05) is 39.0 Å². The first-order chi connectivity index (χ1) is 10.4. The zero-order valence-corrected chi connectivity index (χ0v) is 15.3. The van der Waals surface area contributed by atoms with Gasteiger partial charge in [0.1, 0.15) is 10.8 Å². The van der Waals surface area contributed by atoms with E-state index in [0.717, 1.165) is 15.0 Å². The van der Waals surface area contributed by atoms with Gasteiger partial charge in [0.25, 0.3) is 5.91 Å². The number of benzene rings is 1. The molecule has 0 unspecified atom stereocenters. The van der Waals surface area contributed by atoms with Crippen molar-refractivity contribution in [2.45, 2.75) is 39.7 Å². The van der Waals surface area contributed by atoms with Gasteiger partial charge in [-0.15, -0.1) is 10.2 Å². The fourth-order valence-electron chi connectivity index (χ4n) is 1.67. The molecular weight excluding hydrogens is 366 g/mol. The lowest BCUT2D eigenvalue weighted by Gasteiger charge is -2.15. The number of ether oxygens (including phenoxy) is 1. The molecule has 118 valence electrons. The van der Waals surface area contributed by atoms with E-state index in [9.17, 15) is 4.79 Å². The van der Waals surface area contributed by atoms with Crippen LogP contribution in [0.25, 0.3) is 0 Å². The standard InChI is InChI=1S/C15H18BrN3O2S/c1-8(2)14-18-19-15(22-14)17-13(20)10(4)21-12-6-5-9(3)7-11(12)16/h5-8,10H,1-4H3,(H,17,19,20)/t10-/m1/s1. The van der Waals surface area contributed by atoms with Crippen LogP contribution < -0.4 is 10.1 Å². The quantitative estimate of drug-likeness (QED) is 0.842. The van der Waals surface area contributed by atoms with E-state index in [-0.39, 0.29) is 5.91 Å². The summed E-state index contributed by atoms with van der Waals surface area (Å²) in [6.45, 7) is 7.76. The van der Waals surface area contributed by atoms with Crippen LogP contribution in [0, 0.1) is 6.92 Å². The van der Waals surface area contributed by atoms with Crippen LogP contribution in [0.3, 0.4) is 0 Å². The first kappa shape index (κ1) is 16.9. The molecule has 1 aromatic heterocycles. The molecule has 0 bridgehead atoms. The molecule has 5 nitrogen and oxygen atoms in total. The maximum atomic E-state index is 12.2. The van der Waals surface area contributed by atoms with Crippen LogP contribution in [0.4, 0.5) is 5.13 Å². The molecule has 0 saturated heterocycles. The highest BCUT2D eigenvalue weighted by Crippen LogP contribution is 2.27. The monoisotopic (exact) mass is 383 g/mol. The van der Waals surface area contributed by atoms with Gasteiger partial charge in [-0.1, -0.05) is 31.3 Å². The van der Waals surface area contributed by atoms with Crippen LogP contribution >= 0.6 is 27.3 Å². The molecule has 1 N–H and O–H groups in total. The first-order valence-electron chi connectivity index (χ1n) is 6.94. The third-order valence-corrected chi connectivity index (χ3v) is 4.68. The predicted molar refractivity (Wildman–Crippen MR) is 91.6 cm³/mol. The number of aryl methyl sites for hydroxylation is 1. The van der Waals surface area contributed by atoms with Crippen LogP contribution in [0.1, 0.15) is 37.3 Å². The number of carbonyl (C=O) groups is 1. The van der Waals surface area contributed by atoms with Crippen LogP contribution in [-0.4, -0.2) is 22.2 Å². The fraction of sp³-hybridized carbons (Fsp3) is 0.400. The van der Waals surface area contributed by atoms with Crippen molar-refractivity contribution >= 4 is 38.3 Å². The molecule has 1 heterocycles. The SMILES string of the molecule is Cc1ccc(O[C@H](C)C(=O)Nc2nnc(C(C)C)s2)c(Br)c1. The Balaban J connectivity index is 1.99. The van der Waals surface area contributed by atoms with E-state index in [0.29, 0.717) is 16.8 Å². The van der Waals surface area contributed by atoms with Gasteiger partial charge in [-0.25, -0.2) is 0 Å². The third-order valence-electron chi connectivity index (χ3n) is 2.93. The molecule has 22 heavy (non-hydrogen) atoms. The number of carbonyl (C=O) groups excluding carboxylic acids is 1. The van der Waals surface area contributed by atoms with E-state index in [2.05, 4.69) is 31.4 Å². The topological polar surface area (TPSA) is 64.1 Å². The van der Waals surface area contributed by atoms with Crippen molar-refractivity contribution in [2.24, 2.45) is 0 Å². The molecule has 0 fully saturated rings. The Morgan fingerprint density at radius 3 is 2.64 bits per heavy atom. The summed E-state index contributed by atoms with van der Waals surface area (Å²) in [5.41, 5.74) is 1.12. The summed E-state index contributed by atoms with van der Waals surface area (Å²) in [4.78, 5) is 12.2. The van der Waals surface area contributed by atoms with Crippen LogP contribution in [0.5, 0.6) is 5.75 Å². The Kier molecular flexibility index (Phi) is 5.52. The van der Waals surface area contributed by atoms with Crippen LogP contribution in [0.2, 0.25) is 0 Å². The molecule has 1 aromatic carbocycles. The highest BCUT2D eigenvalue weighted by molar-refractivity contribution is 9.10. The highest BCUT2D eigenvalue weighted by atomic mass is 79.9. The molecule has 0 saturated carbocycles. The second-order valence-electron chi connectivity index (χ2n) is 5.28. The summed E-state index contributed by atoms with van der Waals surface area (Å²) in [5.74, 6) is 0.674. The third kappa shape index (κ3) is 4.27. The molecule has 1 amide bonds. The average Bonchev–Trinajstić information content (AvgIpc) is 2.90. The Labute approximate surface area is 142 Å². The number of hydrogen-bond donors (Lipinski definition) is 1. The molecule has 0 aliphatic heterocycles.